The standard InChI is InChI=1S/C18H21ClO/c1-17(2,3)13-8-10-14(11-9-13)18(4,20)15-6-5-7-16(19)12-15/h5-12,20H,1-4H3. The van der Waals surface area contributed by atoms with Crippen LogP contribution < -0.4 is 0 Å². The maximum absolute atomic E-state index is 10.8. The first kappa shape index (κ1) is 15.1. The third kappa shape index (κ3) is 3.05. The summed E-state index contributed by atoms with van der Waals surface area (Å²) in [5, 5.41) is 11.5. The lowest BCUT2D eigenvalue weighted by molar-refractivity contribution is 0.102. The summed E-state index contributed by atoms with van der Waals surface area (Å²) in [4.78, 5) is 0. The summed E-state index contributed by atoms with van der Waals surface area (Å²) in [6, 6.07) is 15.5. The molecule has 0 saturated heterocycles. The van der Waals surface area contributed by atoms with E-state index in [-0.39, 0.29) is 5.41 Å². The molecule has 2 aromatic carbocycles. The van der Waals surface area contributed by atoms with E-state index in [9.17, 15) is 5.11 Å². The Morgan fingerprint density at radius 3 is 1.85 bits per heavy atom. The van der Waals surface area contributed by atoms with Crippen LogP contribution in [0.2, 0.25) is 5.02 Å². The topological polar surface area (TPSA) is 20.2 Å². The molecule has 20 heavy (non-hydrogen) atoms. The van der Waals surface area contributed by atoms with E-state index in [0.29, 0.717) is 5.02 Å². The molecule has 1 N–H and O–H groups in total. The Labute approximate surface area is 126 Å². The minimum atomic E-state index is -1.04. The van der Waals surface area contributed by atoms with E-state index in [4.69, 9.17) is 11.6 Å². The predicted octanol–water partition coefficient (Wildman–Crippen LogP) is 4.89. The van der Waals surface area contributed by atoms with Gasteiger partial charge >= 0.3 is 0 Å². The molecule has 1 nitrogen and oxygen atoms in total. The van der Waals surface area contributed by atoms with Gasteiger partial charge in [0.2, 0.25) is 0 Å². The average molecular weight is 289 g/mol. The van der Waals surface area contributed by atoms with E-state index in [0.717, 1.165) is 11.1 Å². The van der Waals surface area contributed by atoms with Gasteiger partial charge in [0.25, 0.3) is 0 Å². The molecular weight excluding hydrogens is 268 g/mol. The molecular formula is C18H21ClO. The van der Waals surface area contributed by atoms with Gasteiger partial charge in [0.1, 0.15) is 5.60 Å². The van der Waals surface area contributed by atoms with Gasteiger partial charge in [-0.2, -0.15) is 0 Å². The van der Waals surface area contributed by atoms with Crippen LogP contribution in [0.1, 0.15) is 44.4 Å². The van der Waals surface area contributed by atoms with Gasteiger partial charge in [-0.3, -0.25) is 0 Å². The average Bonchev–Trinajstić information content (AvgIpc) is 2.38. The Morgan fingerprint density at radius 2 is 1.35 bits per heavy atom. The molecule has 0 amide bonds. The first-order valence-electron chi connectivity index (χ1n) is 6.81. The van der Waals surface area contributed by atoms with Crippen molar-refractivity contribution in [1.82, 2.24) is 0 Å². The highest BCUT2D eigenvalue weighted by Crippen LogP contribution is 2.32. The molecule has 0 bridgehead atoms. The summed E-state index contributed by atoms with van der Waals surface area (Å²) < 4.78 is 0. The first-order chi connectivity index (χ1) is 9.21. The van der Waals surface area contributed by atoms with Crippen molar-refractivity contribution in [2.24, 2.45) is 0 Å². The Morgan fingerprint density at radius 1 is 0.800 bits per heavy atom. The highest BCUT2D eigenvalue weighted by atomic mass is 35.5. The summed E-state index contributed by atoms with van der Waals surface area (Å²) >= 11 is 6.01. The third-order valence-corrected chi connectivity index (χ3v) is 3.93. The second-order valence-corrected chi connectivity index (χ2v) is 6.85. The maximum Gasteiger partial charge on any atom is 0.112 e. The summed E-state index contributed by atoms with van der Waals surface area (Å²) in [5.74, 6) is 0. The Balaban J connectivity index is 2.39. The van der Waals surface area contributed by atoms with E-state index in [2.05, 4.69) is 32.9 Å². The van der Waals surface area contributed by atoms with Crippen molar-refractivity contribution >= 4 is 11.6 Å². The number of halogens is 1. The Kier molecular flexibility index (Phi) is 3.95. The van der Waals surface area contributed by atoms with Gasteiger partial charge in [0, 0.05) is 5.02 Å². The molecule has 0 aliphatic rings. The van der Waals surface area contributed by atoms with Gasteiger partial charge in [0.05, 0.1) is 0 Å². The van der Waals surface area contributed by atoms with Crippen molar-refractivity contribution in [3.8, 4) is 0 Å². The highest BCUT2D eigenvalue weighted by molar-refractivity contribution is 6.30. The summed E-state index contributed by atoms with van der Waals surface area (Å²) in [6.07, 6.45) is 0. The van der Waals surface area contributed by atoms with Crippen molar-refractivity contribution in [3.63, 3.8) is 0 Å². The lowest BCUT2D eigenvalue weighted by Gasteiger charge is -2.26. The van der Waals surface area contributed by atoms with Crippen LogP contribution in [0.5, 0.6) is 0 Å². The molecule has 1 atom stereocenters. The molecule has 0 fully saturated rings. The number of rotatable bonds is 2. The van der Waals surface area contributed by atoms with Crippen LogP contribution in [0.4, 0.5) is 0 Å². The van der Waals surface area contributed by atoms with Crippen LogP contribution in [0, 0.1) is 0 Å². The largest absolute Gasteiger partial charge is 0.381 e. The summed E-state index contributed by atoms with van der Waals surface area (Å²) in [5.41, 5.74) is 1.99. The van der Waals surface area contributed by atoms with Gasteiger partial charge in [-0.25, -0.2) is 0 Å². The second-order valence-electron chi connectivity index (χ2n) is 6.41. The Bertz CT molecular complexity index is 592. The fourth-order valence-electron chi connectivity index (χ4n) is 2.25. The Hall–Kier alpha value is -1.31. The van der Waals surface area contributed by atoms with E-state index in [1.54, 1.807) is 13.0 Å². The van der Waals surface area contributed by atoms with Crippen LogP contribution >= 0.6 is 11.6 Å². The van der Waals surface area contributed by atoms with Crippen LogP contribution in [-0.4, -0.2) is 5.11 Å². The number of hydrogen-bond acceptors (Lipinski definition) is 1. The number of aliphatic hydroxyl groups is 1. The summed E-state index contributed by atoms with van der Waals surface area (Å²) in [6.45, 7) is 8.33. The first-order valence-corrected chi connectivity index (χ1v) is 7.18. The van der Waals surface area contributed by atoms with Crippen molar-refractivity contribution in [1.29, 1.82) is 0 Å². The predicted molar refractivity (Wildman–Crippen MR) is 85.3 cm³/mol. The van der Waals surface area contributed by atoms with Crippen molar-refractivity contribution in [2.45, 2.75) is 38.7 Å². The zero-order valence-corrected chi connectivity index (χ0v) is 13.2. The molecule has 0 radical (unpaired) electrons. The van der Waals surface area contributed by atoms with E-state index >= 15 is 0 Å². The van der Waals surface area contributed by atoms with Gasteiger partial charge in [-0.15, -0.1) is 0 Å². The molecule has 0 aromatic heterocycles. The molecule has 0 spiro atoms. The van der Waals surface area contributed by atoms with Crippen LogP contribution in [0.3, 0.4) is 0 Å². The van der Waals surface area contributed by atoms with Crippen molar-refractivity contribution in [3.05, 3.63) is 70.2 Å². The quantitative estimate of drug-likeness (QED) is 0.834. The van der Waals surface area contributed by atoms with E-state index in [1.165, 1.54) is 5.56 Å². The molecule has 2 aromatic rings. The SMILES string of the molecule is CC(C)(C)c1ccc(C(C)(O)c2cccc(Cl)c2)cc1. The molecule has 0 saturated carbocycles. The van der Waals surface area contributed by atoms with Gasteiger partial charge < -0.3 is 5.11 Å². The smallest absolute Gasteiger partial charge is 0.112 e. The van der Waals surface area contributed by atoms with E-state index < -0.39 is 5.60 Å². The highest BCUT2D eigenvalue weighted by Gasteiger charge is 2.26. The number of benzene rings is 2. The third-order valence-electron chi connectivity index (χ3n) is 3.70. The molecule has 0 heterocycles. The molecule has 106 valence electrons. The van der Waals surface area contributed by atoms with Gasteiger partial charge in [-0.05, 0) is 41.2 Å². The fraction of sp³-hybridized carbons (Fsp3) is 0.333. The molecule has 0 aliphatic carbocycles. The second kappa shape index (κ2) is 5.23. The number of hydrogen-bond donors (Lipinski definition) is 1. The van der Waals surface area contributed by atoms with Crippen LogP contribution in [-0.2, 0) is 11.0 Å². The normalized spacial score (nSPS) is 14.9. The molecule has 2 rings (SSSR count). The van der Waals surface area contributed by atoms with Gasteiger partial charge in [-0.1, -0.05) is 68.8 Å². The minimum absolute atomic E-state index is 0.112. The molecule has 1 unspecified atom stereocenters. The van der Waals surface area contributed by atoms with Gasteiger partial charge in [0.15, 0.2) is 0 Å². The van der Waals surface area contributed by atoms with Crippen molar-refractivity contribution in [2.75, 3.05) is 0 Å². The van der Waals surface area contributed by atoms with Crippen LogP contribution in [0.15, 0.2) is 48.5 Å². The monoisotopic (exact) mass is 288 g/mol. The zero-order chi connectivity index (χ0) is 15.0. The van der Waals surface area contributed by atoms with E-state index in [1.807, 2.05) is 30.3 Å². The minimum Gasteiger partial charge on any atom is -0.381 e. The van der Waals surface area contributed by atoms with Crippen LogP contribution in [0.25, 0.3) is 0 Å². The molecule has 0 aliphatic heterocycles. The summed E-state index contributed by atoms with van der Waals surface area (Å²) in [7, 11) is 0. The maximum atomic E-state index is 10.8. The lowest BCUT2D eigenvalue weighted by atomic mass is 9.83. The zero-order valence-electron chi connectivity index (χ0n) is 12.4. The van der Waals surface area contributed by atoms with Crippen molar-refractivity contribution < 1.29 is 5.11 Å². The lowest BCUT2D eigenvalue weighted by Crippen LogP contribution is -2.23. The molecule has 2 heteroatoms. The fourth-order valence-corrected chi connectivity index (χ4v) is 2.44.